The second kappa shape index (κ2) is 10.7. The molecule has 1 saturated heterocycles. The van der Waals surface area contributed by atoms with E-state index in [1.165, 1.54) is 31.7 Å². The number of rotatable bonds is 8. The van der Waals surface area contributed by atoms with Crippen molar-refractivity contribution in [1.29, 1.82) is 0 Å². The van der Waals surface area contributed by atoms with Crippen molar-refractivity contribution in [3.63, 3.8) is 0 Å². The van der Waals surface area contributed by atoms with Gasteiger partial charge in [0.1, 0.15) is 5.75 Å². The number of ether oxygens (including phenoxy) is 2. The summed E-state index contributed by atoms with van der Waals surface area (Å²) in [6.07, 6.45) is 3.58. The van der Waals surface area contributed by atoms with Gasteiger partial charge in [-0.15, -0.1) is 0 Å². The third-order valence-corrected chi connectivity index (χ3v) is 7.54. The molecule has 34 heavy (non-hydrogen) atoms. The Labute approximate surface area is 205 Å². The summed E-state index contributed by atoms with van der Waals surface area (Å²) in [5.74, 6) is 0.267. The summed E-state index contributed by atoms with van der Waals surface area (Å²) >= 11 is 1.47. The van der Waals surface area contributed by atoms with Gasteiger partial charge in [0.2, 0.25) is 5.91 Å². The van der Waals surface area contributed by atoms with Gasteiger partial charge >= 0.3 is 5.97 Å². The number of aliphatic imine (C=N–C) groups is 1. The van der Waals surface area contributed by atoms with E-state index in [4.69, 9.17) is 9.47 Å². The zero-order valence-corrected chi connectivity index (χ0v) is 21.0. The lowest BCUT2D eigenvalue weighted by Crippen LogP contribution is -2.38. The van der Waals surface area contributed by atoms with Crippen LogP contribution in [0.4, 0.5) is 0 Å². The first-order valence-corrected chi connectivity index (χ1v) is 12.4. The average Bonchev–Trinajstić information content (AvgIpc) is 3.43. The number of hydrogen-bond acceptors (Lipinski definition) is 8. The first kappa shape index (κ1) is 24.3. The number of carbonyl (C=O) groups excluding carboxylic acids is 2. The van der Waals surface area contributed by atoms with Crippen molar-refractivity contribution in [1.82, 2.24) is 15.1 Å². The normalized spacial score (nSPS) is 22.3. The molecule has 182 valence electrons. The Hall–Kier alpha value is -2.78. The Bertz CT molecular complexity index is 1030. The minimum atomic E-state index is -0.438. The summed E-state index contributed by atoms with van der Waals surface area (Å²) < 4.78 is 10.4. The van der Waals surface area contributed by atoms with Crippen LogP contribution in [0.25, 0.3) is 0 Å². The third kappa shape index (κ3) is 5.00. The summed E-state index contributed by atoms with van der Waals surface area (Å²) in [4.78, 5) is 34.6. The van der Waals surface area contributed by atoms with E-state index in [1.54, 1.807) is 7.11 Å². The van der Waals surface area contributed by atoms with E-state index < -0.39 is 12.0 Å². The second-order valence-corrected chi connectivity index (χ2v) is 9.59. The van der Waals surface area contributed by atoms with Gasteiger partial charge in [0, 0.05) is 18.3 Å². The van der Waals surface area contributed by atoms with Gasteiger partial charge in [-0.3, -0.25) is 4.79 Å². The smallest absolute Gasteiger partial charge is 0.338 e. The number of nitrogens with one attached hydrogen (secondary N) is 1. The monoisotopic (exact) mass is 484 g/mol. The number of thioether (sulfide) groups is 1. The SMILES string of the molecule is COC(=O)C1=C(C)N=C2SC=C(CC(=O)NCCC3CCCN3C)N2C1c1ccc(OC)cc1. The van der Waals surface area contributed by atoms with Crippen molar-refractivity contribution in [3.8, 4) is 5.75 Å². The molecule has 0 spiro atoms. The summed E-state index contributed by atoms with van der Waals surface area (Å²) in [7, 11) is 5.13. The van der Waals surface area contributed by atoms with E-state index in [-0.39, 0.29) is 12.3 Å². The summed E-state index contributed by atoms with van der Waals surface area (Å²) in [6, 6.07) is 7.70. The van der Waals surface area contributed by atoms with E-state index in [0.29, 0.717) is 23.9 Å². The minimum Gasteiger partial charge on any atom is -0.497 e. The average molecular weight is 485 g/mol. The van der Waals surface area contributed by atoms with Crippen molar-refractivity contribution in [2.75, 3.05) is 34.4 Å². The lowest BCUT2D eigenvalue weighted by atomic mass is 9.94. The molecule has 1 aromatic carbocycles. The maximum atomic E-state index is 12.8. The lowest BCUT2D eigenvalue weighted by Gasteiger charge is -2.36. The van der Waals surface area contributed by atoms with Crippen LogP contribution in [-0.2, 0) is 14.3 Å². The van der Waals surface area contributed by atoms with Gasteiger partial charge in [0.05, 0.1) is 38.0 Å². The van der Waals surface area contributed by atoms with Crippen LogP contribution in [0.3, 0.4) is 0 Å². The van der Waals surface area contributed by atoms with Crippen molar-refractivity contribution >= 4 is 28.8 Å². The van der Waals surface area contributed by atoms with Crippen LogP contribution in [0.2, 0.25) is 0 Å². The van der Waals surface area contributed by atoms with Crippen molar-refractivity contribution in [2.24, 2.45) is 4.99 Å². The predicted octanol–water partition coefficient (Wildman–Crippen LogP) is 3.43. The molecule has 0 aromatic heterocycles. The molecule has 3 aliphatic heterocycles. The molecule has 0 saturated carbocycles. The van der Waals surface area contributed by atoms with Gasteiger partial charge in [-0.05, 0) is 62.9 Å². The number of esters is 1. The zero-order valence-electron chi connectivity index (χ0n) is 20.2. The van der Waals surface area contributed by atoms with Crippen molar-refractivity contribution in [3.05, 3.63) is 52.2 Å². The van der Waals surface area contributed by atoms with Crippen LogP contribution in [0.5, 0.6) is 5.75 Å². The van der Waals surface area contributed by atoms with Crippen LogP contribution in [0, 0.1) is 0 Å². The highest BCUT2D eigenvalue weighted by Gasteiger charge is 2.41. The highest BCUT2D eigenvalue weighted by Crippen LogP contribution is 2.45. The molecular formula is C25H32N4O4S. The van der Waals surface area contributed by atoms with E-state index >= 15 is 0 Å². The highest BCUT2D eigenvalue weighted by molar-refractivity contribution is 8.16. The largest absolute Gasteiger partial charge is 0.497 e. The number of amidine groups is 1. The molecule has 3 heterocycles. The fourth-order valence-electron chi connectivity index (χ4n) is 4.79. The minimum absolute atomic E-state index is 0.0341. The van der Waals surface area contributed by atoms with Crippen LogP contribution in [-0.4, -0.2) is 67.2 Å². The Morgan fingerprint density at radius 1 is 1.24 bits per heavy atom. The van der Waals surface area contributed by atoms with Gasteiger partial charge in [-0.1, -0.05) is 23.9 Å². The Balaban J connectivity index is 1.52. The Kier molecular flexibility index (Phi) is 7.63. The fourth-order valence-corrected chi connectivity index (χ4v) is 5.76. The van der Waals surface area contributed by atoms with Gasteiger partial charge < -0.3 is 24.6 Å². The number of likely N-dealkylation sites (tertiary alicyclic amines) is 1. The Morgan fingerprint density at radius 3 is 2.65 bits per heavy atom. The number of benzene rings is 1. The molecule has 0 bridgehead atoms. The topological polar surface area (TPSA) is 83.5 Å². The maximum absolute atomic E-state index is 12.8. The first-order valence-electron chi connectivity index (χ1n) is 11.6. The molecule has 9 heteroatoms. The number of nitrogens with zero attached hydrogens (tertiary/aromatic N) is 3. The molecule has 3 aliphatic rings. The highest BCUT2D eigenvalue weighted by atomic mass is 32.2. The Morgan fingerprint density at radius 2 is 2.00 bits per heavy atom. The third-order valence-electron chi connectivity index (χ3n) is 6.65. The lowest BCUT2D eigenvalue weighted by molar-refractivity contribution is -0.136. The molecule has 2 unspecified atom stereocenters. The summed E-state index contributed by atoms with van der Waals surface area (Å²) in [6.45, 7) is 3.60. The van der Waals surface area contributed by atoms with E-state index in [9.17, 15) is 9.59 Å². The number of allylic oxidation sites excluding steroid dienone is 1. The van der Waals surface area contributed by atoms with Gasteiger partial charge in [0.25, 0.3) is 0 Å². The molecule has 0 radical (unpaired) electrons. The standard InChI is InChI=1S/C25H32N4O4S/c1-16-22(24(31)33-4)23(17-7-9-20(32-3)10-8-17)29-19(15-34-25(29)27-16)14-21(30)26-12-11-18-6-5-13-28(18)2/h7-10,15,18,23H,5-6,11-14H2,1-4H3,(H,26,30). The van der Waals surface area contributed by atoms with E-state index in [0.717, 1.165) is 35.1 Å². The van der Waals surface area contributed by atoms with E-state index in [1.807, 2.05) is 41.5 Å². The number of fused-ring (bicyclic) bond motifs is 1. The molecule has 1 N–H and O–H groups in total. The number of amides is 1. The van der Waals surface area contributed by atoms with Crippen LogP contribution >= 0.6 is 11.8 Å². The van der Waals surface area contributed by atoms with Crippen molar-refractivity contribution < 1.29 is 19.1 Å². The van der Waals surface area contributed by atoms with Crippen molar-refractivity contribution in [2.45, 2.75) is 44.7 Å². The molecule has 1 aromatic rings. The first-order chi connectivity index (χ1) is 16.4. The second-order valence-electron chi connectivity index (χ2n) is 8.75. The van der Waals surface area contributed by atoms with Gasteiger partial charge in [-0.2, -0.15) is 0 Å². The maximum Gasteiger partial charge on any atom is 0.338 e. The molecular weight excluding hydrogens is 452 g/mol. The molecule has 1 fully saturated rings. The molecule has 1 amide bonds. The van der Waals surface area contributed by atoms with Crippen LogP contribution < -0.4 is 10.1 Å². The molecule has 2 atom stereocenters. The zero-order chi connectivity index (χ0) is 24.2. The predicted molar refractivity (Wildman–Crippen MR) is 133 cm³/mol. The molecule has 4 rings (SSSR count). The summed E-state index contributed by atoms with van der Waals surface area (Å²) in [5, 5.41) is 5.78. The molecule has 0 aliphatic carbocycles. The number of hydrogen-bond donors (Lipinski definition) is 1. The van der Waals surface area contributed by atoms with Crippen LogP contribution in [0.15, 0.2) is 51.6 Å². The molecule has 8 nitrogen and oxygen atoms in total. The van der Waals surface area contributed by atoms with E-state index in [2.05, 4.69) is 22.3 Å². The van der Waals surface area contributed by atoms with Gasteiger partial charge in [0.15, 0.2) is 5.17 Å². The summed E-state index contributed by atoms with van der Waals surface area (Å²) in [5.41, 5.74) is 2.79. The fraction of sp³-hybridized carbons (Fsp3) is 0.480. The number of methoxy groups -OCH3 is 2. The van der Waals surface area contributed by atoms with Gasteiger partial charge in [-0.25, -0.2) is 9.79 Å². The quantitative estimate of drug-likeness (QED) is 0.566. The number of carbonyl (C=O) groups is 2. The van der Waals surface area contributed by atoms with Crippen LogP contribution in [0.1, 0.15) is 44.2 Å².